The predicted molar refractivity (Wildman–Crippen MR) is 69.5 cm³/mol. The Morgan fingerprint density at radius 2 is 2.10 bits per heavy atom. The number of nitrogens with one attached hydrogen (secondary N) is 1. The van der Waals surface area contributed by atoms with E-state index < -0.39 is 38.7 Å². The molecule has 0 atom stereocenters. The molecule has 1 aromatic carbocycles. The molecule has 1 aromatic heterocycles. The lowest BCUT2D eigenvalue weighted by Gasteiger charge is -2.09. The Balaban J connectivity index is 2.27. The van der Waals surface area contributed by atoms with E-state index in [1.165, 1.54) is 6.07 Å². The highest BCUT2D eigenvalue weighted by Gasteiger charge is 2.23. The van der Waals surface area contributed by atoms with E-state index in [-0.39, 0.29) is 12.3 Å². The number of aryl methyl sites for hydroxylation is 1. The maximum atomic E-state index is 14.0. The Morgan fingerprint density at radius 3 is 2.67 bits per heavy atom. The summed E-state index contributed by atoms with van der Waals surface area (Å²) in [5, 5.41) is 3.60. The highest BCUT2D eigenvalue weighted by molar-refractivity contribution is 7.89. The smallest absolute Gasteiger partial charge is 0.243 e. The summed E-state index contributed by atoms with van der Waals surface area (Å²) in [5.41, 5.74) is 5.32. The van der Waals surface area contributed by atoms with Crippen LogP contribution < -0.4 is 10.5 Å². The monoisotopic (exact) mass is 317 g/mol. The first-order valence-corrected chi connectivity index (χ1v) is 7.42. The minimum Gasteiger partial charge on any atom is -0.360 e. The molecule has 21 heavy (non-hydrogen) atoms. The molecule has 0 radical (unpaired) electrons. The summed E-state index contributed by atoms with van der Waals surface area (Å²) < 4.78 is 58.4. The lowest BCUT2D eigenvalue weighted by Crippen LogP contribution is -2.25. The van der Waals surface area contributed by atoms with Crippen molar-refractivity contribution in [2.45, 2.75) is 24.9 Å². The van der Waals surface area contributed by atoms with Crippen molar-refractivity contribution < 1.29 is 21.7 Å². The number of aromatic nitrogens is 1. The highest BCUT2D eigenvalue weighted by Crippen LogP contribution is 2.20. The van der Waals surface area contributed by atoms with Crippen molar-refractivity contribution in [2.24, 2.45) is 5.73 Å². The molecular weight excluding hydrogens is 304 g/mol. The molecular formula is C12H13F2N3O3S. The molecule has 2 rings (SSSR count). The van der Waals surface area contributed by atoms with Gasteiger partial charge in [0.1, 0.15) is 10.7 Å². The Labute approximate surface area is 120 Å². The molecule has 0 saturated carbocycles. The zero-order valence-electron chi connectivity index (χ0n) is 11.1. The predicted octanol–water partition coefficient (Wildman–Crippen LogP) is 1.20. The van der Waals surface area contributed by atoms with Crippen LogP contribution in [0.3, 0.4) is 0 Å². The van der Waals surface area contributed by atoms with Gasteiger partial charge in [-0.2, -0.15) is 0 Å². The first-order valence-electron chi connectivity index (χ1n) is 5.94. The Kier molecular flexibility index (Phi) is 4.35. The lowest BCUT2D eigenvalue weighted by molar-refractivity contribution is 0.376. The molecule has 0 saturated heterocycles. The average molecular weight is 317 g/mol. The molecule has 0 unspecified atom stereocenters. The third-order valence-corrected chi connectivity index (χ3v) is 4.18. The van der Waals surface area contributed by atoms with Crippen molar-refractivity contribution in [3.05, 3.63) is 46.9 Å². The number of nitrogens with zero attached hydrogens (tertiary/aromatic N) is 1. The molecule has 9 heteroatoms. The van der Waals surface area contributed by atoms with Crippen LogP contribution in [0.25, 0.3) is 0 Å². The normalized spacial score (nSPS) is 11.8. The zero-order valence-corrected chi connectivity index (χ0v) is 11.9. The minimum absolute atomic E-state index is 0.196. The number of sulfonamides is 1. The summed E-state index contributed by atoms with van der Waals surface area (Å²) in [4.78, 5) is -0.666. The van der Waals surface area contributed by atoms with Crippen molar-refractivity contribution in [3.8, 4) is 0 Å². The fourth-order valence-corrected chi connectivity index (χ4v) is 2.81. The van der Waals surface area contributed by atoms with Crippen molar-refractivity contribution in [3.63, 3.8) is 0 Å². The number of nitrogens with two attached hydrogens (primary N) is 1. The number of hydrogen-bond acceptors (Lipinski definition) is 5. The molecule has 114 valence electrons. The van der Waals surface area contributed by atoms with Crippen LogP contribution in [-0.4, -0.2) is 13.6 Å². The van der Waals surface area contributed by atoms with Gasteiger partial charge >= 0.3 is 0 Å². The fourth-order valence-electron chi connectivity index (χ4n) is 1.71. The van der Waals surface area contributed by atoms with Gasteiger partial charge in [0.15, 0.2) is 11.6 Å². The van der Waals surface area contributed by atoms with Crippen LogP contribution in [0.2, 0.25) is 0 Å². The summed E-state index contributed by atoms with van der Waals surface area (Å²) in [5.74, 6) is -1.81. The van der Waals surface area contributed by atoms with E-state index in [9.17, 15) is 17.2 Å². The van der Waals surface area contributed by atoms with Gasteiger partial charge in [-0.3, -0.25) is 0 Å². The van der Waals surface area contributed by atoms with Gasteiger partial charge < -0.3 is 10.3 Å². The molecule has 0 aliphatic rings. The van der Waals surface area contributed by atoms with Crippen LogP contribution in [0.15, 0.2) is 27.6 Å². The van der Waals surface area contributed by atoms with Gasteiger partial charge in [-0.05, 0) is 19.1 Å². The second-order valence-corrected chi connectivity index (χ2v) is 6.04. The van der Waals surface area contributed by atoms with Gasteiger partial charge in [-0.15, -0.1) is 0 Å². The minimum atomic E-state index is -4.16. The lowest BCUT2D eigenvalue weighted by atomic mass is 10.2. The van der Waals surface area contributed by atoms with Crippen LogP contribution in [0.5, 0.6) is 0 Å². The second kappa shape index (κ2) is 5.88. The molecule has 0 aliphatic carbocycles. The van der Waals surface area contributed by atoms with Crippen LogP contribution in [-0.2, 0) is 23.1 Å². The summed E-state index contributed by atoms with van der Waals surface area (Å²) in [7, 11) is -4.16. The van der Waals surface area contributed by atoms with Crippen LogP contribution >= 0.6 is 0 Å². The van der Waals surface area contributed by atoms with Crippen LogP contribution in [0, 0.1) is 18.6 Å². The van der Waals surface area contributed by atoms with Crippen molar-refractivity contribution in [2.75, 3.05) is 0 Å². The molecule has 0 amide bonds. The SMILES string of the molecule is Cc1cc(CNS(=O)(=O)c2ccc(F)c(CN)c2F)on1. The first-order chi connectivity index (χ1) is 9.85. The quantitative estimate of drug-likeness (QED) is 0.863. The van der Waals surface area contributed by atoms with E-state index in [2.05, 4.69) is 9.88 Å². The second-order valence-electron chi connectivity index (χ2n) is 4.30. The summed E-state index contributed by atoms with van der Waals surface area (Å²) in [6, 6.07) is 3.24. The van der Waals surface area contributed by atoms with Gasteiger partial charge in [0.2, 0.25) is 10.0 Å². The van der Waals surface area contributed by atoms with E-state index in [0.29, 0.717) is 5.69 Å². The molecule has 6 nitrogen and oxygen atoms in total. The molecule has 3 N–H and O–H groups in total. The Morgan fingerprint density at radius 1 is 1.38 bits per heavy atom. The average Bonchev–Trinajstić information content (AvgIpc) is 2.83. The van der Waals surface area contributed by atoms with E-state index in [1.807, 2.05) is 0 Å². The Hall–Kier alpha value is -1.84. The third kappa shape index (κ3) is 3.26. The van der Waals surface area contributed by atoms with E-state index >= 15 is 0 Å². The summed E-state index contributed by atoms with van der Waals surface area (Å²) >= 11 is 0. The summed E-state index contributed by atoms with van der Waals surface area (Å²) in [6.07, 6.45) is 0. The topological polar surface area (TPSA) is 98.2 Å². The zero-order chi connectivity index (χ0) is 15.6. The molecule has 2 aromatic rings. The number of rotatable bonds is 5. The van der Waals surface area contributed by atoms with E-state index in [0.717, 1.165) is 12.1 Å². The molecule has 0 spiro atoms. The van der Waals surface area contributed by atoms with Gasteiger partial charge in [0.05, 0.1) is 12.2 Å². The molecule has 0 fully saturated rings. The summed E-state index contributed by atoms with van der Waals surface area (Å²) in [6.45, 7) is 1.04. The molecule has 0 aliphatic heterocycles. The Bertz CT molecular complexity index is 759. The van der Waals surface area contributed by atoms with Gasteiger partial charge in [-0.1, -0.05) is 5.16 Å². The van der Waals surface area contributed by atoms with E-state index in [4.69, 9.17) is 10.3 Å². The third-order valence-electron chi connectivity index (χ3n) is 2.76. The molecule has 0 bridgehead atoms. The van der Waals surface area contributed by atoms with Crippen LogP contribution in [0.4, 0.5) is 8.78 Å². The number of hydrogen-bond donors (Lipinski definition) is 2. The highest BCUT2D eigenvalue weighted by atomic mass is 32.2. The maximum absolute atomic E-state index is 14.0. The number of benzene rings is 1. The maximum Gasteiger partial charge on any atom is 0.243 e. The van der Waals surface area contributed by atoms with E-state index in [1.54, 1.807) is 6.92 Å². The first kappa shape index (κ1) is 15.5. The van der Waals surface area contributed by atoms with Crippen LogP contribution in [0.1, 0.15) is 17.0 Å². The van der Waals surface area contributed by atoms with Gasteiger partial charge in [0.25, 0.3) is 0 Å². The van der Waals surface area contributed by atoms with Gasteiger partial charge in [-0.25, -0.2) is 21.9 Å². The fraction of sp³-hybridized carbons (Fsp3) is 0.250. The van der Waals surface area contributed by atoms with Crippen molar-refractivity contribution in [1.82, 2.24) is 9.88 Å². The number of halogens is 2. The van der Waals surface area contributed by atoms with Crippen molar-refractivity contribution >= 4 is 10.0 Å². The molecule has 1 heterocycles. The van der Waals surface area contributed by atoms with Gasteiger partial charge in [0, 0.05) is 18.2 Å². The standard InChI is InChI=1S/C12H13F2N3O3S/c1-7-4-8(20-17-7)6-16-21(18,19)11-3-2-10(13)9(5-15)12(11)14/h2-4,16H,5-6,15H2,1H3. The van der Waals surface area contributed by atoms with Crippen molar-refractivity contribution in [1.29, 1.82) is 0 Å². The largest absolute Gasteiger partial charge is 0.360 e.